The Bertz CT molecular complexity index is 1680. The van der Waals surface area contributed by atoms with Gasteiger partial charge in [-0.25, -0.2) is 4.79 Å². The zero-order chi connectivity index (χ0) is 35.7. The highest BCUT2D eigenvalue weighted by molar-refractivity contribution is 5.90. The summed E-state index contributed by atoms with van der Waals surface area (Å²) in [5, 5.41) is 3.44. The summed E-state index contributed by atoms with van der Waals surface area (Å²) in [6.07, 6.45) is 15.4. The molecule has 0 spiro atoms. The lowest BCUT2D eigenvalue weighted by Gasteiger charge is -2.72. The second-order valence-electron chi connectivity index (χ2n) is 18.3. The standard InChI is InChI=1S/C45H60N2O3/c1-29(2)33-18-24-45(40(49)47-28-21-32-11-9-10-27-46-32)26-25-43(6)35(38(33)45)16-17-37-42(5)22-19-34(30-12-14-31(15-13-30)39(48)50-8)41(3,4)36(42)20-23-44(37,43)7/h9-15,19,27,33,35-38H,1,16-18,20-26,28H2,2-8H3,(H,47,49)/t33-,35+,36-,37+,38+,42-,43+,44+,45-/m0/s1. The first-order valence-electron chi connectivity index (χ1n) is 19.5. The minimum Gasteiger partial charge on any atom is -0.465 e. The molecule has 0 radical (unpaired) electrons. The van der Waals surface area contributed by atoms with Crippen LogP contribution in [0.25, 0.3) is 5.57 Å². The Labute approximate surface area is 301 Å². The average Bonchev–Trinajstić information content (AvgIpc) is 3.50. The second-order valence-corrected chi connectivity index (χ2v) is 18.3. The zero-order valence-corrected chi connectivity index (χ0v) is 31.7. The summed E-state index contributed by atoms with van der Waals surface area (Å²) in [4.78, 5) is 31.1. The van der Waals surface area contributed by atoms with Gasteiger partial charge >= 0.3 is 5.97 Å². The van der Waals surface area contributed by atoms with E-state index in [0.29, 0.717) is 47.6 Å². The predicted molar refractivity (Wildman–Crippen MR) is 201 cm³/mol. The molecule has 0 bridgehead atoms. The highest BCUT2D eigenvalue weighted by Crippen LogP contribution is 2.77. The fourth-order valence-corrected chi connectivity index (χ4v) is 13.6. The number of aromatic nitrogens is 1. The van der Waals surface area contributed by atoms with Gasteiger partial charge in [0.1, 0.15) is 0 Å². The van der Waals surface area contributed by atoms with Gasteiger partial charge in [-0.3, -0.25) is 9.78 Å². The lowest BCUT2D eigenvalue weighted by Crippen LogP contribution is -2.66. The van der Waals surface area contributed by atoms with E-state index in [1.54, 1.807) is 0 Å². The number of allylic oxidation sites excluding steroid dienone is 3. The van der Waals surface area contributed by atoms with Crippen molar-refractivity contribution in [1.29, 1.82) is 0 Å². The molecule has 268 valence electrons. The highest BCUT2D eigenvalue weighted by atomic mass is 16.5. The molecule has 7 rings (SSSR count). The molecule has 0 unspecified atom stereocenters. The number of carbonyl (C=O) groups excluding carboxylic acids is 2. The third-order valence-electron chi connectivity index (χ3n) is 16.1. The second kappa shape index (κ2) is 12.5. The van der Waals surface area contributed by atoms with Crippen LogP contribution in [0.2, 0.25) is 0 Å². The summed E-state index contributed by atoms with van der Waals surface area (Å²) in [6, 6.07) is 14.1. The normalized spacial score (nSPS) is 38.4. The molecule has 1 heterocycles. The van der Waals surface area contributed by atoms with Crippen LogP contribution in [-0.4, -0.2) is 30.5 Å². The van der Waals surface area contributed by atoms with Gasteiger partial charge in [-0.1, -0.05) is 71.0 Å². The zero-order valence-electron chi connectivity index (χ0n) is 31.7. The number of nitrogens with one attached hydrogen (secondary N) is 1. The largest absolute Gasteiger partial charge is 0.465 e. The highest BCUT2D eigenvalue weighted by Gasteiger charge is 2.71. The van der Waals surface area contributed by atoms with Crippen LogP contribution in [-0.2, 0) is 16.0 Å². The van der Waals surface area contributed by atoms with Gasteiger partial charge in [0.05, 0.1) is 18.1 Å². The van der Waals surface area contributed by atoms with Crippen molar-refractivity contribution in [2.24, 2.45) is 56.7 Å². The van der Waals surface area contributed by atoms with E-state index in [4.69, 9.17) is 4.74 Å². The fourth-order valence-electron chi connectivity index (χ4n) is 13.6. The van der Waals surface area contributed by atoms with Crippen molar-refractivity contribution in [1.82, 2.24) is 10.3 Å². The number of pyridine rings is 1. The molecule has 5 nitrogen and oxygen atoms in total. The van der Waals surface area contributed by atoms with Crippen molar-refractivity contribution < 1.29 is 14.3 Å². The molecule has 5 aliphatic rings. The molecule has 5 heteroatoms. The van der Waals surface area contributed by atoms with Crippen LogP contribution in [0.1, 0.15) is 121 Å². The van der Waals surface area contributed by atoms with Gasteiger partial charge < -0.3 is 10.1 Å². The van der Waals surface area contributed by atoms with Gasteiger partial charge in [-0.2, -0.15) is 0 Å². The topological polar surface area (TPSA) is 68.3 Å². The number of hydrogen-bond donors (Lipinski definition) is 1. The number of rotatable bonds is 7. The molecule has 1 aromatic heterocycles. The molecule has 2 aromatic rings. The molecule has 1 amide bonds. The molecular formula is C45H60N2O3. The minimum absolute atomic E-state index is 0.0183. The van der Waals surface area contributed by atoms with E-state index in [1.807, 2.05) is 36.5 Å². The number of ether oxygens (including phenoxy) is 1. The Balaban J connectivity index is 1.17. The van der Waals surface area contributed by atoms with Gasteiger partial charge in [0.2, 0.25) is 5.91 Å². The maximum absolute atomic E-state index is 14.4. The third kappa shape index (κ3) is 5.10. The van der Waals surface area contributed by atoms with Gasteiger partial charge in [-0.05, 0) is 151 Å². The summed E-state index contributed by atoms with van der Waals surface area (Å²) in [7, 11) is 1.44. The first-order valence-corrected chi connectivity index (χ1v) is 19.5. The Kier molecular flexibility index (Phi) is 8.79. The van der Waals surface area contributed by atoms with Crippen LogP contribution < -0.4 is 5.32 Å². The molecule has 9 atom stereocenters. The van der Waals surface area contributed by atoms with Crippen LogP contribution in [0.4, 0.5) is 0 Å². The third-order valence-corrected chi connectivity index (χ3v) is 16.1. The summed E-state index contributed by atoms with van der Waals surface area (Å²) >= 11 is 0. The van der Waals surface area contributed by atoms with Crippen molar-refractivity contribution in [3.8, 4) is 0 Å². The van der Waals surface area contributed by atoms with Gasteiger partial charge in [0.15, 0.2) is 0 Å². The molecule has 5 aliphatic carbocycles. The molecule has 1 N–H and O–H groups in total. The molecule has 4 saturated carbocycles. The lowest BCUT2D eigenvalue weighted by atomic mass is 9.32. The van der Waals surface area contributed by atoms with Crippen LogP contribution in [0, 0.1) is 56.7 Å². The van der Waals surface area contributed by atoms with E-state index in [1.165, 1.54) is 49.5 Å². The number of hydrogen-bond acceptors (Lipinski definition) is 4. The summed E-state index contributed by atoms with van der Waals surface area (Å²) in [6.45, 7) is 20.3. The smallest absolute Gasteiger partial charge is 0.337 e. The SMILES string of the molecule is C=C(C)[C@@H]1CC[C@]2(C(=O)NCCc3ccccn3)CC[C@]3(C)[C@H](CC[C@@H]4[C@@]5(C)CC=C(c6ccc(C(=O)OC)cc6)C(C)(C)[C@@H]5CC[C@]43C)[C@@H]12. The van der Waals surface area contributed by atoms with Crippen molar-refractivity contribution in [3.63, 3.8) is 0 Å². The maximum Gasteiger partial charge on any atom is 0.337 e. The number of methoxy groups -OCH3 is 1. The molecule has 0 saturated heterocycles. The summed E-state index contributed by atoms with van der Waals surface area (Å²) in [5.41, 5.74) is 5.89. The van der Waals surface area contributed by atoms with E-state index in [2.05, 4.69) is 76.6 Å². The summed E-state index contributed by atoms with van der Waals surface area (Å²) in [5.74, 6) is 2.52. The Morgan fingerprint density at radius 1 is 0.900 bits per heavy atom. The van der Waals surface area contributed by atoms with Gasteiger partial charge in [0, 0.05) is 24.9 Å². The van der Waals surface area contributed by atoms with Crippen LogP contribution in [0.3, 0.4) is 0 Å². The Morgan fingerprint density at radius 2 is 1.66 bits per heavy atom. The number of esters is 1. The van der Waals surface area contributed by atoms with Gasteiger partial charge in [0.25, 0.3) is 0 Å². The average molecular weight is 677 g/mol. The Hall–Kier alpha value is -3.21. The van der Waals surface area contributed by atoms with E-state index in [-0.39, 0.29) is 33.0 Å². The van der Waals surface area contributed by atoms with Crippen molar-refractivity contribution in [2.45, 2.75) is 106 Å². The van der Waals surface area contributed by atoms with E-state index >= 15 is 0 Å². The van der Waals surface area contributed by atoms with E-state index < -0.39 is 0 Å². The number of fused-ring (bicyclic) bond motifs is 7. The van der Waals surface area contributed by atoms with Crippen molar-refractivity contribution in [3.05, 3.63) is 83.7 Å². The Morgan fingerprint density at radius 3 is 2.34 bits per heavy atom. The maximum atomic E-state index is 14.4. The molecule has 4 fully saturated rings. The van der Waals surface area contributed by atoms with Crippen molar-refractivity contribution in [2.75, 3.05) is 13.7 Å². The number of carbonyl (C=O) groups is 2. The minimum atomic E-state index is -0.296. The van der Waals surface area contributed by atoms with Crippen molar-refractivity contribution >= 4 is 17.4 Å². The predicted octanol–water partition coefficient (Wildman–Crippen LogP) is 9.88. The van der Waals surface area contributed by atoms with Gasteiger partial charge in [-0.15, -0.1) is 0 Å². The lowest BCUT2D eigenvalue weighted by molar-refractivity contribution is -0.225. The van der Waals surface area contributed by atoms with Crippen LogP contribution >= 0.6 is 0 Å². The monoisotopic (exact) mass is 676 g/mol. The number of nitrogens with zero attached hydrogens (tertiary/aromatic N) is 1. The van der Waals surface area contributed by atoms with Crippen LogP contribution in [0.15, 0.2) is 66.9 Å². The fraction of sp³-hybridized carbons (Fsp3) is 0.622. The molecule has 50 heavy (non-hydrogen) atoms. The summed E-state index contributed by atoms with van der Waals surface area (Å²) < 4.78 is 4.96. The first kappa shape index (κ1) is 35.2. The van der Waals surface area contributed by atoms with E-state index in [0.717, 1.165) is 44.2 Å². The number of benzene rings is 1. The first-order chi connectivity index (χ1) is 23.7. The quantitative estimate of drug-likeness (QED) is 0.234. The van der Waals surface area contributed by atoms with E-state index in [9.17, 15) is 9.59 Å². The number of amides is 1. The molecule has 1 aromatic carbocycles. The van der Waals surface area contributed by atoms with Crippen LogP contribution in [0.5, 0.6) is 0 Å². The molecule has 0 aliphatic heterocycles. The molecular weight excluding hydrogens is 617 g/mol.